The number of anilines is 1. The fourth-order valence-electron chi connectivity index (χ4n) is 2.42. The van der Waals surface area contributed by atoms with E-state index in [2.05, 4.69) is 0 Å². The summed E-state index contributed by atoms with van der Waals surface area (Å²) in [4.78, 5) is 27.6. The number of benzene rings is 1. The summed E-state index contributed by atoms with van der Waals surface area (Å²) >= 11 is 0. The molecule has 5 nitrogen and oxygen atoms in total. The predicted molar refractivity (Wildman–Crippen MR) is 81.3 cm³/mol. The van der Waals surface area contributed by atoms with Crippen LogP contribution in [-0.2, 0) is 14.3 Å². The molecule has 0 atom stereocenters. The Kier molecular flexibility index (Phi) is 4.96. The van der Waals surface area contributed by atoms with E-state index >= 15 is 0 Å². The summed E-state index contributed by atoms with van der Waals surface area (Å²) in [6.07, 6.45) is 0. The molecular weight excluding hydrogens is 268 g/mol. The molecule has 1 aromatic carbocycles. The number of carbonyl (C=O) groups is 2. The summed E-state index contributed by atoms with van der Waals surface area (Å²) in [5.41, 5.74) is 2.87. The first-order chi connectivity index (χ1) is 9.99. The number of rotatable bonds is 3. The molecule has 1 heterocycles. The van der Waals surface area contributed by atoms with Gasteiger partial charge >= 0.3 is 0 Å². The molecule has 0 aromatic heterocycles. The quantitative estimate of drug-likeness (QED) is 0.848. The average Bonchev–Trinajstić information content (AvgIpc) is 2.48. The zero-order valence-electron chi connectivity index (χ0n) is 12.9. The van der Waals surface area contributed by atoms with Crippen molar-refractivity contribution < 1.29 is 14.3 Å². The first-order valence-corrected chi connectivity index (χ1v) is 7.20. The second-order valence-corrected chi connectivity index (χ2v) is 5.39. The molecule has 0 bridgehead atoms. The topological polar surface area (TPSA) is 49.9 Å². The van der Waals surface area contributed by atoms with Crippen LogP contribution in [0.4, 0.5) is 5.69 Å². The van der Waals surface area contributed by atoms with Crippen molar-refractivity contribution in [3.05, 3.63) is 29.3 Å². The highest BCUT2D eigenvalue weighted by atomic mass is 16.5. The SMILES string of the molecule is CC(=O)N(CC(=O)N1CCOCC1)c1cc(C)ccc1C. The average molecular weight is 290 g/mol. The van der Waals surface area contributed by atoms with Crippen LogP contribution in [0.25, 0.3) is 0 Å². The molecule has 1 saturated heterocycles. The van der Waals surface area contributed by atoms with E-state index in [4.69, 9.17) is 4.74 Å². The second kappa shape index (κ2) is 6.72. The molecule has 0 spiro atoms. The fraction of sp³-hybridized carbons (Fsp3) is 0.500. The van der Waals surface area contributed by atoms with Gasteiger partial charge in [0.1, 0.15) is 6.54 Å². The van der Waals surface area contributed by atoms with Gasteiger partial charge in [-0.3, -0.25) is 9.59 Å². The number of carbonyl (C=O) groups excluding carboxylic acids is 2. The molecule has 2 rings (SSSR count). The maximum Gasteiger partial charge on any atom is 0.242 e. The number of ether oxygens (including phenoxy) is 1. The summed E-state index contributed by atoms with van der Waals surface area (Å²) in [7, 11) is 0. The predicted octanol–water partition coefficient (Wildman–Crippen LogP) is 1.52. The van der Waals surface area contributed by atoms with Gasteiger partial charge in [-0.15, -0.1) is 0 Å². The molecule has 0 aliphatic carbocycles. The van der Waals surface area contributed by atoms with Crippen LogP contribution in [-0.4, -0.2) is 49.6 Å². The molecular formula is C16H22N2O3. The molecule has 1 aromatic rings. The van der Waals surface area contributed by atoms with Gasteiger partial charge in [0.25, 0.3) is 0 Å². The third-order valence-corrected chi connectivity index (χ3v) is 3.69. The van der Waals surface area contributed by atoms with Gasteiger partial charge in [0.2, 0.25) is 11.8 Å². The highest BCUT2D eigenvalue weighted by Crippen LogP contribution is 2.22. The van der Waals surface area contributed by atoms with Crippen LogP contribution in [0, 0.1) is 13.8 Å². The molecule has 0 saturated carbocycles. The largest absolute Gasteiger partial charge is 0.378 e. The van der Waals surface area contributed by atoms with Crippen LogP contribution >= 0.6 is 0 Å². The minimum absolute atomic E-state index is 0.0330. The van der Waals surface area contributed by atoms with Crippen LogP contribution in [0.15, 0.2) is 18.2 Å². The van der Waals surface area contributed by atoms with Crippen molar-refractivity contribution in [3.8, 4) is 0 Å². The maximum absolute atomic E-state index is 12.4. The van der Waals surface area contributed by atoms with Gasteiger partial charge in [0.05, 0.1) is 13.2 Å². The van der Waals surface area contributed by atoms with Crippen LogP contribution in [0.1, 0.15) is 18.1 Å². The maximum atomic E-state index is 12.4. The van der Waals surface area contributed by atoms with Crippen LogP contribution < -0.4 is 4.90 Å². The molecule has 21 heavy (non-hydrogen) atoms. The van der Waals surface area contributed by atoms with Crippen molar-refractivity contribution in [2.24, 2.45) is 0 Å². The molecule has 2 amide bonds. The van der Waals surface area contributed by atoms with Crippen LogP contribution in [0.5, 0.6) is 0 Å². The van der Waals surface area contributed by atoms with Crippen molar-refractivity contribution in [1.29, 1.82) is 0 Å². The summed E-state index contributed by atoms with van der Waals surface area (Å²) in [6.45, 7) is 7.82. The van der Waals surface area contributed by atoms with Crippen molar-refractivity contribution in [3.63, 3.8) is 0 Å². The zero-order valence-corrected chi connectivity index (χ0v) is 12.9. The number of hydrogen-bond donors (Lipinski definition) is 0. The minimum atomic E-state index is -0.120. The van der Waals surface area contributed by atoms with Crippen LogP contribution in [0.3, 0.4) is 0 Å². The van der Waals surface area contributed by atoms with Crippen molar-refractivity contribution in [2.45, 2.75) is 20.8 Å². The van der Waals surface area contributed by atoms with Crippen molar-refractivity contribution in [1.82, 2.24) is 4.90 Å². The number of hydrogen-bond acceptors (Lipinski definition) is 3. The van der Waals surface area contributed by atoms with E-state index in [9.17, 15) is 9.59 Å². The number of nitrogens with zero attached hydrogens (tertiary/aromatic N) is 2. The van der Waals surface area contributed by atoms with Crippen molar-refractivity contribution >= 4 is 17.5 Å². The van der Waals surface area contributed by atoms with Gasteiger partial charge in [0.15, 0.2) is 0 Å². The molecule has 5 heteroatoms. The summed E-state index contributed by atoms with van der Waals surface area (Å²) in [6, 6.07) is 5.92. The lowest BCUT2D eigenvalue weighted by Gasteiger charge is -2.30. The molecule has 1 aliphatic heterocycles. The van der Waals surface area contributed by atoms with Gasteiger partial charge in [-0.1, -0.05) is 12.1 Å². The third-order valence-electron chi connectivity index (χ3n) is 3.69. The van der Waals surface area contributed by atoms with E-state index in [-0.39, 0.29) is 18.4 Å². The Labute approximate surface area is 125 Å². The van der Waals surface area contributed by atoms with E-state index in [0.29, 0.717) is 26.3 Å². The third kappa shape index (κ3) is 3.82. The Morgan fingerprint density at radius 3 is 2.52 bits per heavy atom. The van der Waals surface area contributed by atoms with E-state index < -0.39 is 0 Å². The van der Waals surface area contributed by atoms with Gasteiger partial charge in [-0.2, -0.15) is 0 Å². The Bertz CT molecular complexity index is 536. The van der Waals surface area contributed by atoms with E-state index in [1.54, 1.807) is 9.80 Å². The Morgan fingerprint density at radius 1 is 1.24 bits per heavy atom. The smallest absolute Gasteiger partial charge is 0.242 e. The molecule has 0 N–H and O–H groups in total. The lowest BCUT2D eigenvalue weighted by Crippen LogP contribution is -2.47. The number of morpholine rings is 1. The minimum Gasteiger partial charge on any atom is -0.378 e. The highest BCUT2D eigenvalue weighted by Gasteiger charge is 2.22. The molecule has 114 valence electrons. The van der Waals surface area contributed by atoms with Gasteiger partial charge in [-0.05, 0) is 31.0 Å². The first kappa shape index (κ1) is 15.5. The highest BCUT2D eigenvalue weighted by molar-refractivity contribution is 5.98. The fourth-order valence-corrected chi connectivity index (χ4v) is 2.42. The Morgan fingerprint density at radius 2 is 1.90 bits per heavy atom. The standard InChI is InChI=1S/C16H22N2O3/c1-12-4-5-13(2)15(10-12)18(14(3)19)11-16(20)17-6-8-21-9-7-17/h4-5,10H,6-9,11H2,1-3H3. The second-order valence-electron chi connectivity index (χ2n) is 5.39. The zero-order chi connectivity index (χ0) is 15.4. The first-order valence-electron chi connectivity index (χ1n) is 7.20. The molecule has 1 aliphatic rings. The number of amides is 2. The van der Waals surface area contributed by atoms with Crippen molar-refractivity contribution in [2.75, 3.05) is 37.7 Å². The van der Waals surface area contributed by atoms with E-state index in [1.165, 1.54) is 6.92 Å². The summed E-state index contributed by atoms with van der Waals surface area (Å²) in [5, 5.41) is 0. The Balaban J connectivity index is 2.17. The lowest BCUT2D eigenvalue weighted by molar-refractivity contribution is -0.134. The molecule has 0 unspecified atom stereocenters. The van der Waals surface area contributed by atoms with E-state index in [0.717, 1.165) is 16.8 Å². The van der Waals surface area contributed by atoms with Gasteiger partial charge < -0.3 is 14.5 Å². The summed E-state index contributed by atoms with van der Waals surface area (Å²) < 4.78 is 5.25. The normalized spacial score (nSPS) is 14.9. The summed E-state index contributed by atoms with van der Waals surface area (Å²) in [5.74, 6) is -0.153. The molecule has 1 fully saturated rings. The molecule has 0 radical (unpaired) electrons. The van der Waals surface area contributed by atoms with Gasteiger partial charge in [0, 0.05) is 25.7 Å². The Hall–Kier alpha value is -1.88. The van der Waals surface area contributed by atoms with E-state index in [1.807, 2.05) is 32.0 Å². The van der Waals surface area contributed by atoms with Crippen LogP contribution in [0.2, 0.25) is 0 Å². The monoisotopic (exact) mass is 290 g/mol. The van der Waals surface area contributed by atoms with Gasteiger partial charge in [-0.25, -0.2) is 0 Å². The lowest BCUT2D eigenvalue weighted by atomic mass is 10.1. The number of aryl methyl sites for hydroxylation is 2.